The lowest BCUT2D eigenvalue weighted by Gasteiger charge is -2.26. The molecule has 0 aromatic heterocycles. The molecule has 0 aliphatic heterocycles. The summed E-state index contributed by atoms with van der Waals surface area (Å²) in [6.07, 6.45) is -5.48. The van der Waals surface area contributed by atoms with Crippen LogP contribution in [0.1, 0.15) is 59.1 Å². The first kappa shape index (κ1) is 31.3. The number of nitrogens with one attached hydrogen (secondary N) is 1. The Balaban J connectivity index is 2.12. The van der Waals surface area contributed by atoms with Gasteiger partial charge in [0.25, 0.3) is 0 Å². The first-order valence-electron chi connectivity index (χ1n) is 12.3. The van der Waals surface area contributed by atoms with Gasteiger partial charge in [0.05, 0.1) is 5.56 Å². The topological polar surface area (TPSA) is 81.7 Å². The second-order valence-electron chi connectivity index (χ2n) is 10.9. The predicted octanol–water partition coefficient (Wildman–Crippen LogP) is 6.29. The van der Waals surface area contributed by atoms with E-state index in [0.29, 0.717) is 5.56 Å². The van der Waals surface area contributed by atoms with Gasteiger partial charge < -0.3 is 14.8 Å². The molecule has 1 N–H and O–H groups in total. The normalized spacial score (nSPS) is 13.9. The minimum atomic E-state index is -4.55. The predicted molar refractivity (Wildman–Crippen MR) is 142 cm³/mol. The van der Waals surface area contributed by atoms with Gasteiger partial charge >= 0.3 is 18.2 Å². The molecule has 38 heavy (non-hydrogen) atoms. The van der Waals surface area contributed by atoms with Gasteiger partial charge in [-0.25, -0.2) is 9.59 Å². The molecule has 0 saturated heterocycles. The van der Waals surface area contributed by atoms with E-state index in [2.05, 4.69) is 5.32 Å². The fourth-order valence-electron chi connectivity index (χ4n) is 3.53. The molecular formula is C28H36F3NO5S. The van der Waals surface area contributed by atoms with E-state index >= 15 is 0 Å². The Bertz CT molecular complexity index is 1120. The van der Waals surface area contributed by atoms with Crippen LogP contribution in [-0.4, -0.2) is 45.0 Å². The lowest BCUT2D eigenvalue weighted by molar-refractivity contribution is -0.157. The fourth-order valence-corrected chi connectivity index (χ4v) is 4.68. The minimum Gasteiger partial charge on any atom is -0.458 e. The van der Waals surface area contributed by atoms with Crippen LogP contribution in [0.5, 0.6) is 0 Å². The van der Waals surface area contributed by atoms with Crippen molar-refractivity contribution >= 4 is 22.9 Å². The largest absolute Gasteiger partial charge is 0.458 e. The third kappa shape index (κ3) is 10.8. The van der Waals surface area contributed by atoms with Crippen LogP contribution < -0.4 is 5.32 Å². The molecule has 0 aliphatic carbocycles. The van der Waals surface area contributed by atoms with Crippen molar-refractivity contribution in [1.82, 2.24) is 5.32 Å². The average Bonchev–Trinajstić information content (AvgIpc) is 2.77. The Kier molecular flexibility index (Phi) is 10.5. The summed E-state index contributed by atoms with van der Waals surface area (Å²) in [7, 11) is -1.57. The highest BCUT2D eigenvalue weighted by molar-refractivity contribution is 7.84. The molecule has 2 aromatic rings. The van der Waals surface area contributed by atoms with E-state index in [4.69, 9.17) is 9.47 Å². The highest BCUT2D eigenvalue weighted by Crippen LogP contribution is 2.34. The number of benzene rings is 2. The van der Waals surface area contributed by atoms with Crippen molar-refractivity contribution < 1.29 is 36.4 Å². The van der Waals surface area contributed by atoms with E-state index in [1.54, 1.807) is 65.8 Å². The number of amides is 1. The Morgan fingerprint density at radius 1 is 0.868 bits per heavy atom. The van der Waals surface area contributed by atoms with Crippen LogP contribution in [0, 0.1) is 0 Å². The molecule has 10 heteroatoms. The zero-order valence-electron chi connectivity index (χ0n) is 22.6. The number of carbonyl (C=O) groups is 2. The molecule has 0 radical (unpaired) electrons. The summed E-state index contributed by atoms with van der Waals surface area (Å²) < 4.78 is 64.3. The van der Waals surface area contributed by atoms with Crippen molar-refractivity contribution in [2.24, 2.45) is 0 Å². The average molecular weight is 556 g/mol. The zero-order valence-corrected chi connectivity index (χ0v) is 23.4. The summed E-state index contributed by atoms with van der Waals surface area (Å²) in [5.74, 6) is -0.788. The lowest BCUT2D eigenvalue weighted by Crippen LogP contribution is -2.46. The molecule has 0 aliphatic rings. The highest BCUT2D eigenvalue weighted by atomic mass is 32.2. The van der Waals surface area contributed by atoms with Crippen LogP contribution in [0.3, 0.4) is 0 Å². The molecular weight excluding hydrogens is 519 g/mol. The number of aryl methyl sites for hydroxylation is 1. The standard InChI is InChI=1S/C28H36F3NO5S/c1-26(2,3)36-24(33)23(32-25(34)37-27(4,5)6)15-17-38(35)16-14-21-18-20(19-10-8-7-9-11-19)12-13-22(21)28(29,30)31/h7-13,18,23H,14-17H2,1-6H3,(H,32,34). The van der Waals surface area contributed by atoms with E-state index in [-0.39, 0.29) is 29.9 Å². The molecule has 0 heterocycles. The van der Waals surface area contributed by atoms with Crippen LogP contribution >= 0.6 is 0 Å². The fraction of sp³-hybridized carbons (Fsp3) is 0.500. The molecule has 0 fully saturated rings. The number of rotatable bonds is 9. The van der Waals surface area contributed by atoms with Gasteiger partial charge in [-0.05, 0) is 77.1 Å². The molecule has 6 nitrogen and oxygen atoms in total. The first-order valence-corrected chi connectivity index (χ1v) is 13.8. The molecule has 0 spiro atoms. The summed E-state index contributed by atoms with van der Waals surface area (Å²) in [4.78, 5) is 24.9. The summed E-state index contributed by atoms with van der Waals surface area (Å²) in [6, 6.07) is 11.8. The summed E-state index contributed by atoms with van der Waals surface area (Å²) in [5.41, 5.74) is -0.935. The van der Waals surface area contributed by atoms with Crippen molar-refractivity contribution in [2.75, 3.05) is 11.5 Å². The van der Waals surface area contributed by atoms with Crippen LogP contribution in [0.2, 0.25) is 0 Å². The van der Waals surface area contributed by atoms with Gasteiger partial charge in [0, 0.05) is 22.3 Å². The number of hydrogen-bond acceptors (Lipinski definition) is 5. The molecule has 210 valence electrons. The van der Waals surface area contributed by atoms with Gasteiger partial charge in [0.15, 0.2) is 0 Å². The number of esters is 1. The van der Waals surface area contributed by atoms with Gasteiger partial charge in [0.2, 0.25) is 0 Å². The SMILES string of the molecule is CC(C)(C)OC(=O)NC(CCS(=O)CCc1cc(-c2ccccc2)ccc1C(F)(F)F)C(=O)OC(C)(C)C. The molecule has 0 saturated carbocycles. The summed E-state index contributed by atoms with van der Waals surface area (Å²) in [6.45, 7) is 10.0. The van der Waals surface area contributed by atoms with E-state index in [1.807, 2.05) is 6.07 Å². The van der Waals surface area contributed by atoms with Crippen LogP contribution in [0.25, 0.3) is 11.1 Å². The summed E-state index contributed by atoms with van der Waals surface area (Å²) in [5, 5.41) is 2.46. The molecule has 1 amide bonds. The summed E-state index contributed by atoms with van der Waals surface area (Å²) >= 11 is 0. The van der Waals surface area contributed by atoms with Crippen molar-refractivity contribution in [3.63, 3.8) is 0 Å². The maximum atomic E-state index is 13.6. The van der Waals surface area contributed by atoms with E-state index in [1.165, 1.54) is 12.1 Å². The Morgan fingerprint density at radius 3 is 2.03 bits per heavy atom. The number of carbonyl (C=O) groups excluding carboxylic acids is 2. The molecule has 2 aromatic carbocycles. The van der Waals surface area contributed by atoms with Gasteiger partial charge in [-0.3, -0.25) is 4.21 Å². The maximum Gasteiger partial charge on any atom is 0.416 e. The number of halogens is 3. The number of alkyl halides is 3. The molecule has 0 bridgehead atoms. The lowest BCUT2D eigenvalue weighted by atomic mass is 9.97. The van der Waals surface area contributed by atoms with Crippen LogP contribution in [0.4, 0.5) is 18.0 Å². The monoisotopic (exact) mass is 555 g/mol. The van der Waals surface area contributed by atoms with Crippen LogP contribution in [-0.2, 0) is 37.7 Å². The van der Waals surface area contributed by atoms with E-state index in [0.717, 1.165) is 11.6 Å². The third-order valence-corrected chi connectivity index (χ3v) is 6.48. The smallest absolute Gasteiger partial charge is 0.416 e. The molecule has 2 rings (SSSR count). The van der Waals surface area contributed by atoms with E-state index < -0.39 is 51.8 Å². The van der Waals surface area contributed by atoms with Gasteiger partial charge in [-0.15, -0.1) is 0 Å². The van der Waals surface area contributed by atoms with Gasteiger partial charge in [-0.2, -0.15) is 13.2 Å². The number of hydrogen-bond donors (Lipinski definition) is 1. The van der Waals surface area contributed by atoms with Crippen molar-refractivity contribution in [2.45, 2.75) is 77.8 Å². The van der Waals surface area contributed by atoms with Crippen LogP contribution in [0.15, 0.2) is 48.5 Å². The maximum absolute atomic E-state index is 13.6. The quantitative estimate of drug-likeness (QED) is 0.368. The second kappa shape index (κ2) is 12.8. The Hall–Kier alpha value is -2.88. The number of alkyl carbamates (subject to hydrolysis) is 1. The number of ether oxygens (including phenoxy) is 2. The highest BCUT2D eigenvalue weighted by Gasteiger charge is 2.33. The van der Waals surface area contributed by atoms with Gasteiger partial charge in [-0.1, -0.05) is 42.5 Å². The van der Waals surface area contributed by atoms with E-state index in [9.17, 15) is 27.0 Å². The van der Waals surface area contributed by atoms with Gasteiger partial charge in [0.1, 0.15) is 17.2 Å². The molecule has 2 atom stereocenters. The Morgan fingerprint density at radius 2 is 1.47 bits per heavy atom. The molecule has 2 unspecified atom stereocenters. The second-order valence-corrected chi connectivity index (χ2v) is 12.6. The first-order chi connectivity index (χ1) is 17.4. The Labute approximate surface area is 224 Å². The van der Waals surface area contributed by atoms with Crippen molar-refractivity contribution in [3.8, 4) is 11.1 Å². The minimum absolute atomic E-state index is 0.0283. The van der Waals surface area contributed by atoms with Crippen molar-refractivity contribution in [3.05, 3.63) is 59.7 Å². The van der Waals surface area contributed by atoms with Crippen molar-refractivity contribution in [1.29, 1.82) is 0 Å². The zero-order chi connectivity index (χ0) is 28.7. The third-order valence-electron chi connectivity index (χ3n) is 5.13.